The number of nitrogens with one attached hydrogen (secondary N) is 2. The second-order valence-corrected chi connectivity index (χ2v) is 9.44. The smallest absolute Gasteiger partial charge is 0.259 e. The normalized spacial score (nSPS) is 16.2. The second-order valence-electron chi connectivity index (χ2n) is 9.44. The molecule has 10 heteroatoms. The first kappa shape index (κ1) is 23.1. The van der Waals surface area contributed by atoms with Crippen LogP contribution in [0.4, 0.5) is 17.3 Å². The summed E-state index contributed by atoms with van der Waals surface area (Å²) in [5, 5.41) is 10.9. The lowest BCUT2D eigenvalue weighted by Crippen LogP contribution is -2.44. The summed E-state index contributed by atoms with van der Waals surface area (Å²) in [6.07, 6.45) is 7.83. The number of aromatic amines is 1. The molecule has 37 heavy (non-hydrogen) atoms. The molecule has 4 aromatic rings. The van der Waals surface area contributed by atoms with Crippen molar-refractivity contribution in [1.82, 2.24) is 34.6 Å². The van der Waals surface area contributed by atoms with E-state index in [1.165, 1.54) is 12.0 Å². The third-order valence-corrected chi connectivity index (χ3v) is 7.07. The molecule has 0 atom stereocenters. The van der Waals surface area contributed by atoms with Crippen LogP contribution in [-0.2, 0) is 6.54 Å². The highest BCUT2D eigenvalue weighted by atomic mass is 16.1. The van der Waals surface area contributed by atoms with Gasteiger partial charge in [0.25, 0.3) is 5.56 Å². The first-order chi connectivity index (χ1) is 18.1. The monoisotopic (exact) mass is 495 g/mol. The average molecular weight is 496 g/mol. The molecule has 1 aliphatic carbocycles. The Hall–Kier alpha value is -4.31. The Balaban J connectivity index is 1.23. The predicted molar refractivity (Wildman–Crippen MR) is 146 cm³/mol. The zero-order valence-electron chi connectivity index (χ0n) is 21.0. The number of H-pyrrole nitrogens is 1. The van der Waals surface area contributed by atoms with Gasteiger partial charge in [0.2, 0.25) is 5.95 Å². The molecule has 1 saturated heterocycles. The van der Waals surface area contributed by atoms with E-state index in [0.29, 0.717) is 30.1 Å². The van der Waals surface area contributed by atoms with E-state index in [1.807, 2.05) is 37.3 Å². The lowest BCUT2D eigenvalue weighted by atomic mass is 10.0. The van der Waals surface area contributed by atoms with Gasteiger partial charge in [0.05, 0.1) is 0 Å². The molecule has 0 spiro atoms. The Morgan fingerprint density at radius 3 is 2.54 bits per heavy atom. The number of hydrogen-bond acceptors (Lipinski definition) is 8. The Labute approximate surface area is 214 Å². The van der Waals surface area contributed by atoms with Crippen molar-refractivity contribution in [2.75, 3.05) is 43.4 Å². The number of rotatable bonds is 6. The summed E-state index contributed by atoms with van der Waals surface area (Å²) in [5.74, 6) is 1.18. The van der Waals surface area contributed by atoms with Gasteiger partial charge in [0, 0.05) is 73.2 Å². The molecule has 1 aliphatic heterocycles. The number of fused-ring (bicyclic) bond motifs is 1. The quantitative estimate of drug-likeness (QED) is 0.420. The Morgan fingerprint density at radius 1 is 1.03 bits per heavy atom. The summed E-state index contributed by atoms with van der Waals surface area (Å²) < 4.78 is 1.71. The summed E-state index contributed by atoms with van der Waals surface area (Å²) in [4.78, 5) is 31.7. The minimum Gasteiger partial charge on any atom is -0.369 e. The molecule has 10 nitrogen and oxygen atoms in total. The summed E-state index contributed by atoms with van der Waals surface area (Å²) >= 11 is 0. The maximum atomic E-state index is 13.4. The van der Waals surface area contributed by atoms with Crippen LogP contribution < -0.4 is 15.8 Å². The van der Waals surface area contributed by atoms with Crippen LogP contribution in [0.2, 0.25) is 0 Å². The lowest BCUT2D eigenvalue weighted by Gasteiger charge is -2.34. The molecular weight excluding hydrogens is 466 g/mol. The van der Waals surface area contributed by atoms with Gasteiger partial charge in [-0.15, -0.1) is 0 Å². The molecule has 188 valence electrons. The van der Waals surface area contributed by atoms with Gasteiger partial charge in [0.15, 0.2) is 5.82 Å². The standard InChI is InChI=1S/C27H29N9O/c1-3-36-25-20(15-23(26(36)37)18-4-5-19(14-18)24-29-17-30-33-24)16-28-27(32-25)31-21-6-8-22(9-7-21)35-12-10-34(2)11-13-35/h4-9,15-17H,3,10-14H2,1-2H3,(H,28,31,32)(H,29,30,33). The SMILES string of the molecule is CCn1c(=O)c(C2=CC=C(c3ncn[nH]3)C2)cc2cnc(Nc3ccc(N4CCN(C)CC4)cc3)nc21. The predicted octanol–water partition coefficient (Wildman–Crippen LogP) is 3.30. The fourth-order valence-electron chi connectivity index (χ4n) is 4.92. The van der Waals surface area contributed by atoms with Crippen LogP contribution in [0.15, 0.2) is 59.8 Å². The molecule has 1 fully saturated rings. The van der Waals surface area contributed by atoms with Crippen LogP contribution in [0.1, 0.15) is 24.7 Å². The van der Waals surface area contributed by atoms with Crippen LogP contribution in [-0.4, -0.2) is 67.8 Å². The molecule has 0 unspecified atom stereocenters. The topological polar surface area (TPSA) is 108 Å². The highest BCUT2D eigenvalue weighted by Gasteiger charge is 2.19. The zero-order chi connectivity index (χ0) is 25.4. The van der Waals surface area contributed by atoms with Crippen molar-refractivity contribution in [1.29, 1.82) is 0 Å². The summed E-state index contributed by atoms with van der Waals surface area (Å²) in [7, 11) is 2.16. The van der Waals surface area contributed by atoms with E-state index in [2.05, 4.69) is 54.5 Å². The van der Waals surface area contributed by atoms with E-state index in [0.717, 1.165) is 54.2 Å². The third kappa shape index (κ3) is 4.51. The van der Waals surface area contributed by atoms with Crippen LogP contribution >= 0.6 is 0 Å². The molecule has 0 radical (unpaired) electrons. The fraction of sp³-hybridized carbons (Fsp3) is 0.296. The second kappa shape index (κ2) is 9.62. The van der Waals surface area contributed by atoms with Crippen molar-refractivity contribution < 1.29 is 0 Å². The molecule has 4 heterocycles. The molecule has 0 saturated carbocycles. The summed E-state index contributed by atoms with van der Waals surface area (Å²) in [5.41, 5.74) is 5.28. The average Bonchev–Trinajstić information content (AvgIpc) is 3.62. The number of benzene rings is 1. The Morgan fingerprint density at radius 2 is 1.81 bits per heavy atom. The van der Waals surface area contributed by atoms with E-state index in [1.54, 1.807) is 10.8 Å². The van der Waals surface area contributed by atoms with Crippen LogP contribution in [0, 0.1) is 0 Å². The third-order valence-electron chi connectivity index (χ3n) is 7.07. The number of aromatic nitrogens is 6. The van der Waals surface area contributed by atoms with Crippen LogP contribution in [0.5, 0.6) is 0 Å². The molecule has 1 aromatic carbocycles. The number of allylic oxidation sites excluding steroid dienone is 4. The van der Waals surface area contributed by atoms with E-state index in [-0.39, 0.29) is 5.56 Å². The number of anilines is 3. The number of likely N-dealkylation sites (N-methyl/N-ethyl adjacent to an activating group) is 1. The molecule has 0 amide bonds. The first-order valence-corrected chi connectivity index (χ1v) is 12.6. The Kier molecular flexibility index (Phi) is 6.01. The van der Waals surface area contributed by atoms with Crippen molar-refractivity contribution in [3.05, 3.63) is 76.7 Å². The van der Waals surface area contributed by atoms with Gasteiger partial charge in [-0.25, -0.2) is 9.97 Å². The molecule has 2 aliphatic rings. The molecular formula is C27H29N9O. The zero-order valence-corrected chi connectivity index (χ0v) is 21.0. The Bertz CT molecular complexity index is 1540. The number of aryl methyl sites for hydroxylation is 1. The molecule has 0 bridgehead atoms. The number of hydrogen-bond donors (Lipinski definition) is 2. The van der Waals surface area contributed by atoms with Crippen molar-refractivity contribution in [2.45, 2.75) is 19.9 Å². The van der Waals surface area contributed by atoms with Gasteiger partial charge in [-0.2, -0.15) is 10.1 Å². The molecule has 6 rings (SSSR count). The minimum absolute atomic E-state index is 0.0605. The van der Waals surface area contributed by atoms with Gasteiger partial charge in [-0.05, 0) is 49.9 Å². The van der Waals surface area contributed by atoms with Gasteiger partial charge in [0.1, 0.15) is 12.0 Å². The van der Waals surface area contributed by atoms with E-state index < -0.39 is 0 Å². The summed E-state index contributed by atoms with van der Waals surface area (Å²) in [6, 6.07) is 10.2. The van der Waals surface area contributed by atoms with Gasteiger partial charge < -0.3 is 15.1 Å². The van der Waals surface area contributed by atoms with Gasteiger partial charge in [-0.3, -0.25) is 14.5 Å². The molecule has 2 N–H and O–H groups in total. The summed E-state index contributed by atoms with van der Waals surface area (Å²) in [6.45, 7) is 6.67. The maximum absolute atomic E-state index is 13.4. The first-order valence-electron chi connectivity index (χ1n) is 12.6. The fourth-order valence-corrected chi connectivity index (χ4v) is 4.92. The van der Waals surface area contributed by atoms with Crippen molar-refractivity contribution >= 4 is 39.5 Å². The van der Waals surface area contributed by atoms with Crippen molar-refractivity contribution in [2.24, 2.45) is 0 Å². The lowest BCUT2D eigenvalue weighted by molar-refractivity contribution is 0.313. The highest BCUT2D eigenvalue weighted by molar-refractivity contribution is 5.88. The van der Waals surface area contributed by atoms with Crippen molar-refractivity contribution in [3.63, 3.8) is 0 Å². The highest BCUT2D eigenvalue weighted by Crippen LogP contribution is 2.32. The van der Waals surface area contributed by atoms with E-state index in [9.17, 15) is 4.79 Å². The minimum atomic E-state index is -0.0605. The maximum Gasteiger partial charge on any atom is 0.259 e. The van der Waals surface area contributed by atoms with E-state index in [4.69, 9.17) is 4.98 Å². The number of piperazine rings is 1. The van der Waals surface area contributed by atoms with E-state index >= 15 is 0 Å². The van der Waals surface area contributed by atoms with Gasteiger partial charge in [-0.1, -0.05) is 12.2 Å². The number of nitrogens with zero attached hydrogens (tertiary/aromatic N) is 7. The van der Waals surface area contributed by atoms with Crippen LogP contribution in [0.3, 0.4) is 0 Å². The molecule has 3 aromatic heterocycles. The number of pyridine rings is 1. The largest absolute Gasteiger partial charge is 0.369 e. The van der Waals surface area contributed by atoms with Gasteiger partial charge >= 0.3 is 0 Å². The van der Waals surface area contributed by atoms with Crippen LogP contribution in [0.25, 0.3) is 22.2 Å². The van der Waals surface area contributed by atoms with Crippen molar-refractivity contribution in [3.8, 4) is 0 Å².